The predicted octanol–water partition coefficient (Wildman–Crippen LogP) is -3.68. The van der Waals surface area contributed by atoms with Crippen LogP contribution in [0.2, 0.25) is 0 Å². The normalized spacial score (nSPS) is 20.6. The molecule has 1 aromatic heterocycles. The molecule has 0 aliphatic carbocycles. The fourth-order valence-corrected chi connectivity index (χ4v) is 4.95. The second-order valence-corrected chi connectivity index (χ2v) is 8.48. The number of aromatic nitrogens is 1. The Labute approximate surface area is 195 Å². The van der Waals surface area contributed by atoms with Crippen LogP contribution in [0.4, 0.5) is 0 Å². The van der Waals surface area contributed by atoms with E-state index < -0.39 is 29.3 Å². The number of esters is 1. The fraction of sp³-hybridized carbons (Fsp3) is 0.400. The van der Waals surface area contributed by atoms with Crippen LogP contribution in [0.15, 0.2) is 16.7 Å². The van der Waals surface area contributed by atoms with Crippen molar-refractivity contribution >= 4 is 59.1 Å². The number of aliphatic carboxylic acids is 1. The van der Waals surface area contributed by atoms with Gasteiger partial charge in [-0.1, -0.05) is 0 Å². The van der Waals surface area contributed by atoms with Gasteiger partial charge in [-0.25, -0.2) is 0 Å². The van der Waals surface area contributed by atoms with Crippen LogP contribution in [0.3, 0.4) is 0 Å². The van der Waals surface area contributed by atoms with Gasteiger partial charge in [0.25, 0.3) is 5.91 Å². The molecular formula is C15H14N3NaO6S3. The first-order valence-electron chi connectivity index (χ1n) is 7.75. The van der Waals surface area contributed by atoms with E-state index in [9.17, 15) is 24.3 Å². The van der Waals surface area contributed by atoms with Gasteiger partial charge in [0.15, 0.2) is 3.95 Å². The molecule has 3 heterocycles. The molecular weight excluding hydrogens is 437 g/mol. The summed E-state index contributed by atoms with van der Waals surface area (Å²) in [6.07, 6.45) is 0.0369. The number of aromatic amines is 1. The number of hydrogen-bond donors (Lipinski definition) is 2. The van der Waals surface area contributed by atoms with Crippen molar-refractivity contribution < 1.29 is 58.6 Å². The summed E-state index contributed by atoms with van der Waals surface area (Å²) in [6, 6.07) is -0.825. The van der Waals surface area contributed by atoms with Gasteiger partial charge in [0.1, 0.15) is 18.0 Å². The van der Waals surface area contributed by atoms with Gasteiger partial charge < -0.3 is 24.9 Å². The van der Waals surface area contributed by atoms with Gasteiger partial charge in [-0.05, 0) is 12.2 Å². The Balaban J connectivity index is 0.00000280. The SMILES string of the molecule is CC(=O)OCC1=C(C(=O)[O-])N2C(=O)C(NC(=O)Cc3csc(=S)[nH]3)C2SC1.[Na+]. The number of thiazole rings is 1. The first kappa shape index (κ1) is 23.1. The number of nitrogens with one attached hydrogen (secondary N) is 2. The van der Waals surface area contributed by atoms with E-state index in [1.165, 1.54) is 30.0 Å². The third-order valence-electron chi connectivity index (χ3n) is 3.93. The smallest absolute Gasteiger partial charge is 0.543 e. The molecule has 28 heavy (non-hydrogen) atoms. The van der Waals surface area contributed by atoms with Crippen LogP contribution in [-0.4, -0.2) is 57.4 Å². The number of carbonyl (C=O) groups excluding carboxylic acids is 4. The number of carbonyl (C=O) groups is 4. The zero-order chi connectivity index (χ0) is 19.7. The van der Waals surface area contributed by atoms with Crippen molar-refractivity contribution in [3.63, 3.8) is 0 Å². The molecule has 1 fully saturated rings. The van der Waals surface area contributed by atoms with Gasteiger partial charge in [0.2, 0.25) is 5.91 Å². The number of rotatable bonds is 6. The summed E-state index contributed by atoms with van der Waals surface area (Å²) in [5, 5.41) is 15.3. The average Bonchev–Trinajstić information content (AvgIpc) is 3.01. The quantitative estimate of drug-likeness (QED) is 0.196. The summed E-state index contributed by atoms with van der Waals surface area (Å²) in [6.45, 7) is 0.981. The van der Waals surface area contributed by atoms with E-state index in [1.807, 2.05) is 0 Å². The number of fused-ring (bicyclic) bond motifs is 1. The van der Waals surface area contributed by atoms with Gasteiger partial charge in [-0.15, -0.1) is 23.1 Å². The minimum Gasteiger partial charge on any atom is -0.543 e. The predicted molar refractivity (Wildman–Crippen MR) is 96.9 cm³/mol. The van der Waals surface area contributed by atoms with E-state index in [0.717, 1.165) is 4.90 Å². The van der Waals surface area contributed by atoms with Crippen LogP contribution < -0.4 is 40.0 Å². The van der Waals surface area contributed by atoms with Gasteiger partial charge >= 0.3 is 35.5 Å². The van der Waals surface area contributed by atoms with Crippen molar-refractivity contribution in [1.82, 2.24) is 15.2 Å². The van der Waals surface area contributed by atoms with Crippen LogP contribution in [0.25, 0.3) is 0 Å². The molecule has 0 radical (unpaired) electrons. The summed E-state index contributed by atoms with van der Waals surface area (Å²) < 4.78 is 5.40. The number of carboxylic acid groups (broad SMARTS) is 1. The Morgan fingerprint density at radius 2 is 2.18 bits per heavy atom. The third-order valence-corrected chi connectivity index (χ3v) is 6.38. The van der Waals surface area contributed by atoms with Crippen molar-refractivity contribution in [1.29, 1.82) is 0 Å². The van der Waals surface area contributed by atoms with Crippen LogP contribution in [0.1, 0.15) is 12.6 Å². The number of nitrogens with zero attached hydrogens (tertiary/aromatic N) is 1. The number of H-pyrrole nitrogens is 1. The maximum absolute atomic E-state index is 12.4. The Morgan fingerprint density at radius 1 is 1.46 bits per heavy atom. The topological polar surface area (TPSA) is 132 Å². The molecule has 2 unspecified atom stereocenters. The van der Waals surface area contributed by atoms with E-state index in [-0.39, 0.29) is 65.5 Å². The van der Waals surface area contributed by atoms with Crippen molar-refractivity contribution in [2.75, 3.05) is 12.4 Å². The zero-order valence-electron chi connectivity index (χ0n) is 15.0. The molecule has 2 amide bonds. The summed E-state index contributed by atoms with van der Waals surface area (Å²) >= 11 is 7.54. The Kier molecular flexibility index (Phi) is 7.88. The first-order chi connectivity index (χ1) is 12.8. The molecule has 9 nitrogen and oxygen atoms in total. The monoisotopic (exact) mass is 451 g/mol. The minimum absolute atomic E-state index is 0. The first-order valence-corrected chi connectivity index (χ1v) is 10.1. The maximum Gasteiger partial charge on any atom is 1.00 e. The van der Waals surface area contributed by atoms with E-state index in [2.05, 4.69) is 10.3 Å². The molecule has 2 aliphatic heterocycles. The van der Waals surface area contributed by atoms with E-state index in [0.29, 0.717) is 9.65 Å². The van der Waals surface area contributed by atoms with Crippen molar-refractivity contribution in [3.05, 3.63) is 26.3 Å². The molecule has 2 atom stereocenters. The number of carboxylic acids is 1. The molecule has 0 saturated carbocycles. The molecule has 144 valence electrons. The van der Waals surface area contributed by atoms with Crippen molar-refractivity contribution in [2.24, 2.45) is 0 Å². The van der Waals surface area contributed by atoms with E-state index in [1.54, 1.807) is 5.38 Å². The summed E-state index contributed by atoms with van der Waals surface area (Å²) in [5.41, 5.74) is 0.634. The Morgan fingerprint density at radius 3 is 2.75 bits per heavy atom. The molecule has 0 bridgehead atoms. The zero-order valence-corrected chi connectivity index (χ0v) is 19.4. The Bertz CT molecular complexity index is 911. The standard InChI is InChI=1S/C15H15N3O6S3.Na/c1-6(19)24-3-7-4-26-13-10(12(21)18(13)11(7)14(22)23)17-9(20)2-8-5-27-15(25)16-8;/h5,10,13H,2-4H2,1H3,(H,16,25)(H,17,20)(H,22,23);/q;+1/p-1. The van der Waals surface area contributed by atoms with Crippen molar-refractivity contribution in [2.45, 2.75) is 24.8 Å². The van der Waals surface area contributed by atoms with E-state index in [4.69, 9.17) is 17.0 Å². The number of amides is 2. The van der Waals surface area contributed by atoms with E-state index >= 15 is 0 Å². The molecule has 3 rings (SSSR count). The van der Waals surface area contributed by atoms with Gasteiger partial charge in [0.05, 0.1) is 18.1 Å². The van der Waals surface area contributed by atoms with Crippen LogP contribution >= 0.6 is 35.3 Å². The fourth-order valence-electron chi connectivity index (χ4n) is 2.77. The summed E-state index contributed by atoms with van der Waals surface area (Å²) in [4.78, 5) is 51.0. The maximum atomic E-state index is 12.4. The molecule has 0 spiro atoms. The molecule has 13 heteroatoms. The van der Waals surface area contributed by atoms with Crippen molar-refractivity contribution in [3.8, 4) is 0 Å². The largest absolute Gasteiger partial charge is 1.00 e. The molecule has 1 aromatic rings. The summed E-state index contributed by atoms with van der Waals surface area (Å²) in [5.74, 6) is -2.75. The molecule has 2 aliphatic rings. The Hall–Kier alpha value is -1.18. The molecule has 0 aromatic carbocycles. The number of ether oxygens (including phenoxy) is 1. The average molecular weight is 451 g/mol. The molecule has 2 N–H and O–H groups in total. The summed E-state index contributed by atoms with van der Waals surface area (Å²) in [7, 11) is 0. The number of hydrogen-bond acceptors (Lipinski definition) is 9. The van der Waals surface area contributed by atoms with Crippen LogP contribution in [0.5, 0.6) is 0 Å². The third kappa shape index (κ3) is 4.86. The van der Waals surface area contributed by atoms with Crippen LogP contribution in [0, 0.1) is 3.95 Å². The number of thioether (sulfide) groups is 1. The second kappa shape index (κ2) is 9.55. The molecule has 1 saturated heterocycles. The second-order valence-electron chi connectivity index (χ2n) is 5.83. The van der Waals surface area contributed by atoms with Gasteiger partial charge in [0, 0.05) is 29.3 Å². The number of β-lactam (4-membered cyclic amide) rings is 1. The van der Waals surface area contributed by atoms with Gasteiger partial charge in [-0.2, -0.15) is 0 Å². The minimum atomic E-state index is -1.52. The van der Waals surface area contributed by atoms with Gasteiger partial charge in [-0.3, -0.25) is 19.3 Å². The van der Waals surface area contributed by atoms with Crippen LogP contribution in [-0.2, 0) is 30.3 Å².